The van der Waals surface area contributed by atoms with Crippen molar-refractivity contribution in [2.45, 2.75) is 32.7 Å². The molecule has 6 heteroatoms. The largest absolute Gasteiger partial charge is 0.481 e. The molecular formula is C13H18N2O4. The minimum absolute atomic E-state index is 0.0607. The second-order valence-electron chi connectivity index (χ2n) is 4.31. The number of carboxylic acid groups (broad SMARTS) is 1. The van der Waals surface area contributed by atoms with E-state index in [4.69, 9.17) is 5.11 Å². The van der Waals surface area contributed by atoms with Gasteiger partial charge in [0.2, 0.25) is 5.91 Å². The lowest BCUT2D eigenvalue weighted by atomic mass is 10.2. The lowest BCUT2D eigenvalue weighted by Crippen LogP contribution is -2.37. The van der Waals surface area contributed by atoms with E-state index >= 15 is 0 Å². The molecule has 0 spiro atoms. The van der Waals surface area contributed by atoms with Crippen LogP contribution in [0.1, 0.15) is 31.4 Å². The van der Waals surface area contributed by atoms with E-state index in [9.17, 15) is 14.4 Å². The SMILES string of the molecule is CCC(C(=O)NCCC(=O)O)n1cc(C)ccc1=O. The fourth-order valence-electron chi connectivity index (χ4n) is 1.78. The van der Waals surface area contributed by atoms with Crippen LogP contribution in [0.5, 0.6) is 0 Å². The Hall–Kier alpha value is -2.11. The molecule has 1 rings (SSSR count). The van der Waals surface area contributed by atoms with Crippen LogP contribution in [0.15, 0.2) is 23.1 Å². The third-order valence-corrected chi connectivity index (χ3v) is 2.75. The van der Waals surface area contributed by atoms with E-state index < -0.39 is 12.0 Å². The van der Waals surface area contributed by atoms with Crippen molar-refractivity contribution in [2.24, 2.45) is 0 Å². The first kappa shape index (κ1) is 14.9. The summed E-state index contributed by atoms with van der Waals surface area (Å²) in [5.41, 5.74) is 0.641. The molecule has 1 heterocycles. The van der Waals surface area contributed by atoms with E-state index in [2.05, 4.69) is 5.32 Å². The highest BCUT2D eigenvalue weighted by Gasteiger charge is 2.19. The molecule has 104 valence electrons. The van der Waals surface area contributed by atoms with Crippen molar-refractivity contribution in [3.05, 3.63) is 34.2 Å². The lowest BCUT2D eigenvalue weighted by Gasteiger charge is -2.18. The molecule has 19 heavy (non-hydrogen) atoms. The summed E-state index contributed by atoms with van der Waals surface area (Å²) in [4.78, 5) is 34.1. The normalized spacial score (nSPS) is 11.9. The van der Waals surface area contributed by atoms with Crippen molar-refractivity contribution in [1.29, 1.82) is 0 Å². The molecule has 0 radical (unpaired) electrons. The van der Waals surface area contributed by atoms with Gasteiger partial charge in [-0.1, -0.05) is 13.0 Å². The highest BCUT2D eigenvalue weighted by molar-refractivity contribution is 5.80. The Morgan fingerprint density at radius 3 is 2.68 bits per heavy atom. The number of pyridine rings is 1. The van der Waals surface area contributed by atoms with Crippen LogP contribution in [0.25, 0.3) is 0 Å². The Kier molecular flexibility index (Phi) is 5.29. The highest BCUT2D eigenvalue weighted by Crippen LogP contribution is 2.09. The minimum atomic E-state index is -0.971. The molecule has 0 fully saturated rings. The van der Waals surface area contributed by atoms with E-state index in [0.29, 0.717) is 6.42 Å². The molecule has 6 nitrogen and oxygen atoms in total. The summed E-state index contributed by atoms with van der Waals surface area (Å²) in [5.74, 6) is -1.31. The maximum atomic E-state index is 12.0. The second-order valence-corrected chi connectivity index (χ2v) is 4.31. The molecule has 2 N–H and O–H groups in total. The van der Waals surface area contributed by atoms with Crippen molar-refractivity contribution in [3.63, 3.8) is 0 Å². The van der Waals surface area contributed by atoms with Gasteiger partial charge in [-0.2, -0.15) is 0 Å². The van der Waals surface area contributed by atoms with E-state index in [1.54, 1.807) is 19.2 Å². The van der Waals surface area contributed by atoms with Crippen LogP contribution in [-0.4, -0.2) is 28.1 Å². The summed E-state index contributed by atoms with van der Waals surface area (Å²) in [5, 5.41) is 11.0. The maximum absolute atomic E-state index is 12.0. The molecule has 0 aliphatic heterocycles. The number of nitrogens with one attached hydrogen (secondary N) is 1. The highest BCUT2D eigenvalue weighted by atomic mass is 16.4. The topological polar surface area (TPSA) is 88.4 Å². The molecule has 0 saturated carbocycles. The Balaban J connectivity index is 2.82. The number of rotatable bonds is 6. The van der Waals surface area contributed by atoms with Crippen LogP contribution < -0.4 is 10.9 Å². The van der Waals surface area contributed by atoms with Crippen molar-refractivity contribution in [3.8, 4) is 0 Å². The van der Waals surface area contributed by atoms with Crippen LogP contribution in [0.2, 0.25) is 0 Å². The van der Waals surface area contributed by atoms with Crippen molar-refractivity contribution in [1.82, 2.24) is 9.88 Å². The first-order chi connectivity index (χ1) is 8.95. The summed E-state index contributed by atoms with van der Waals surface area (Å²) in [6, 6.07) is 2.50. The van der Waals surface area contributed by atoms with Crippen LogP contribution >= 0.6 is 0 Å². The number of hydrogen-bond donors (Lipinski definition) is 2. The van der Waals surface area contributed by atoms with Crippen molar-refractivity contribution < 1.29 is 14.7 Å². The van der Waals surface area contributed by atoms with E-state index in [0.717, 1.165) is 5.56 Å². The first-order valence-electron chi connectivity index (χ1n) is 6.14. The number of aryl methyl sites for hydroxylation is 1. The fraction of sp³-hybridized carbons (Fsp3) is 0.462. The van der Waals surface area contributed by atoms with Gasteiger partial charge in [0, 0.05) is 18.8 Å². The molecule has 1 amide bonds. The quantitative estimate of drug-likeness (QED) is 0.793. The van der Waals surface area contributed by atoms with E-state index in [-0.39, 0.29) is 24.4 Å². The fourth-order valence-corrected chi connectivity index (χ4v) is 1.78. The average Bonchev–Trinajstić information content (AvgIpc) is 2.34. The average molecular weight is 266 g/mol. The molecule has 1 unspecified atom stereocenters. The summed E-state index contributed by atoms with van der Waals surface area (Å²) in [6.07, 6.45) is 1.96. The predicted octanol–water partition coefficient (Wildman–Crippen LogP) is 0.699. The van der Waals surface area contributed by atoms with Crippen LogP contribution in [-0.2, 0) is 9.59 Å². The number of carbonyl (C=O) groups is 2. The molecule has 1 aromatic heterocycles. The van der Waals surface area contributed by atoms with Crippen molar-refractivity contribution in [2.75, 3.05) is 6.54 Å². The molecular weight excluding hydrogens is 248 g/mol. The van der Waals surface area contributed by atoms with Gasteiger partial charge in [0.15, 0.2) is 0 Å². The smallest absolute Gasteiger partial charge is 0.305 e. The van der Waals surface area contributed by atoms with Gasteiger partial charge in [-0.3, -0.25) is 14.4 Å². The lowest BCUT2D eigenvalue weighted by molar-refractivity contribution is -0.137. The van der Waals surface area contributed by atoms with E-state index in [1.807, 2.05) is 6.92 Å². The van der Waals surface area contributed by atoms with Gasteiger partial charge in [0.25, 0.3) is 5.56 Å². The molecule has 0 saturated heterocycles. The monoisotopic (exact) mass is 266 g/mol. The Labute approximate surface area is 111 Å². The molecule has 1 atom stereocenters. The zero-order valence-electron chi connectivity index (χ0n) is 11.0. The third-order valence-electron chi connectivity index (χ3n) is 2.75. The number of nitrogens with zero attached hydrogens (tertiary/aromatic N) is 1. The zero-order valence-corrected chi connectivity index (χ0v) is 11.0. The van der Waals surface area contributed by atoms with Gasteiger partial charge >= 0.3 is 5.97 Å². The summed E-state index contributed by atoms with van der Waals surface area (Å²) < 4.78 is 1.38. The zero-order chi connectivity index (χ0) is 14.4. The summed E-state index contributed by atoms with van der Waals surface area (Å²) >= 11 is 0. The molecule has 0 bridgehead atoms. The summed E-state index contributed by atoms with van der Waals surface area (Å²) in [6.45, 7) is 3.70. The van der Waals surface area contributed by atoms with Gasteiger partial charge in [-0.05, 0) is 18.9 Å². The number of carbonyl (C=O) groups excluding carboxylic acids is 1. The van der Waals surface area contributed by atoms with E-state index in [1.165, 1.54) is 10.6 Å². The molecule has 0 aliphatic carbocycles. The van der Waals surface area contributed by atoms with Crippen LogP contribution in [0.4, 0.5) is 0 Å². The number of hydrogen-bond acceptors (Lipinski definition) is 3. The Morgan fingerprint density at radius 2 is 2.11 bits per heavy atom. The number of aromatic nitrogens is 1. The predicted molar refractivity (Wildman–Crippen MR) is 70.0 cm³/mol. The Bertz CT molecular complexity index is 522. The van der Waals surface area contributed by atoms with Gasteiger partial charge < -0.3 is 15.0 Å². The Morgan fingerprint density at radius 1 is 1.42 bits per heavy atom. The number of carboxylic acids is 1. The van der Waals surface area contributed by atoms with Gasteiger partial charge in [0.1, 0.15) is 6.04 Å². The first-order valence-corrected chi connectivity index (χ1v) is 6.14. The number of aliphatic carboxylic acids is 1. The van der Waals surface area contributed by atoms with Gasteiger partial charge in [-0.15, -0.1) is 0 Å². The maximum Gasteiger partial charge on any atom is 0.305 e. The third kappa shape index (κ3) is 4.24. The molecule has 1 aromatic rings. The standard InChI is InChI=1S/C13H18N2O4/c1-3-10(13(19)14-7-6-12(17)18)15-8-9(2)4-5-11(15)16/h4-5,8,10H,3,6-7H2,1-2H3,(H,14,19)(H,17,18). The second kappa shape index (κ2) is 6.72. The molecule has 0 aromatic carbocycles. The molecule has 0 aliphatic rings. The van der Waals surface area contributed by atoms with Gasteiger partial charge in [0.05, 0.1) is 6.42 Å². The van der Waals surface area contributed by atoms with Crippen molar-refractivity contribution >= 4 is 11.9 Å². The van der Waals surface area contributed by atoms with Crippen LogP contribution in [0.3, 0.4) is 0 Å². The van der Waals surface area contributed by atoms with Crippen LogP contribution in [0, 0.1) is 6.92 Å². The number of amides is 1. The van der Waals surface area contributed by atoms with Gasteiger partial charge in [-0.25, -0.2) is 0 Å². The summed E-state index contributed by atoms with van der Waals surface area (Å²) in [7, 11) is 0. The minimum Gasteiger partial charge on any atom is -0.481 e.